The van der Waals surface area contributed by atoms with Crippen molar-refractivity contribution >= 4 is 24.3 Å². The first-order chi connectivity index (χ1) is 11.8. The summed E-state index contributed by atoms with van der Waals surface area (Å²) in [6.45, 7) is 8.98. The summed E-state index contributed by atoms with van der Waals surface area (Å²) < 4.78 is 1.71. The minimum atomic E-state index is 0. The first-order valence-corrected chi connectivity index (χ1v) is 9.74. The highest BCUT2D eigenvalue weighted by Gasteiger charge is 2.33. The van der Waals surface area contributed by atoms with Gasteiger partial charge in [-0.1, -0.05) is 20.8 Å². The van der Waals surface area contributed by atoms with Crippen LogP contribution >= 0.6 is 12.4 Å². The molecule has 0 spiro atoms. The standard InChI is InChI=1S/C19H33N5O.ClH/c1-13-9-14(12-19(2,3)11-13)10-16(25)21-18-22-17(23-24(18)4)15-5-7-20-8-6-15;/h13-15,20H,5-12H2,1-4H3,(H,21,22,23,25);1H. The Morgan fingerprint density at radius 3 is 2.65 bits per heavy atom. The van der Waals surface area contributed by atoms with Crippen molar-refractivity contribution in [2.24, 2.45) is 24.3 Å². The van der Waals surface area contributed by atoms with E-state index in [1.54, 1.807) is 4.68 Å². The van der Waals surface area contributed by atoms with E-state index in [9.17, 15) is 4.79 Å². The van der Waals surface area contributed by atoms with Gasteiger partial charge in [-0.05, 0) is 62.4 Å². The van der Waals surface area contributed by atoms with Crippen molar-refractivity contribution in [3.8, 4) is 0 Å². The Bertz CT molecular complexity index is 609. The molecule has 1 amide bonds. The molecule has 26 heavy (non-hydrogen) atoms. The Labute approximate surface area is 163 Å². The summed E-state index contributed by atoms with van der Waals surface area (Å²) in [5.41, 5.74) is 0.343. The number of piperidine rings is 1. The zero-order valence-electron chi connectivity index (χ0n) is 16.5. The lowest BCUT2D eigenvalue weighted by Gasteiger charge is -2.38. The van der Waals surface area contributed by atoms with Crippen LogP contribution in [0.2, 0.25) is 0 Å². The molecule has 2 unspecified atom stereocenters. The number of aromatic nitrogens is 3. The summed E-state index contributed by atoms with van der Waals surface area (Å²) in [4.78, 5) is 17.1. The highest BCUT2D eigenvalue weighted by atomic mass is 35.5. The number of hydrogen-bond donors (Lipinski definition) is 2. The van der Waals surface area contributed by atoms with Crippen LogP contribution in [-0.4, -0.2) is 33.8 Å². The van der Waals surface area contributed by atoms with Crippen LogP contribution in [0.3, 0.4) is 0 Å². The minimum Gasteiger partial charge on any atom is -0.317 e. The van der Waals surface area contributed by atoms with Crippen molar-refractivity contribution < 1.29 is 4.79 Å². The third kappa shape index (κ3) is 5.43. The third-order valence-corrected chi connectivity index (χ3v) is 5.69. The van der Waals surface area contributed by atoms with Crippen molar-refractivity contribution in [3.63, 3.8) is 0 Å². The smallest absolute Gasteiger partial charge is 0.227 e. The predicted octanol–water partition coefficient (Wildman–Crippen LogP) is 3.49. The molecule has 2 N–H and O–H groups in total. The molecule has 1 aromatic heterocycles. The van der Waals surface area contributed by atoms with Gasteiger partial charge in [-0.2, -0.15) is 10.1 Å². The molecule has 6 nitrogen and oxygen atoms in total. The maximum atomic E-state index is 12.5. The van der Waals surface area contributed by atoms with Crippen LogP contribution in [0.25, 0.3) is 0 Å². The van der Waals surface area contributed by atoms with Crippen molar-refractivity contribution in [2.75, 3.05) is 18.4 Å². The first-order valence-electron chi connectivity index (χ1n) is 9.74. The average Bonchev–Trinajstić information content (AvgIpc) is 2.87. The maximum Gasteiger partial charge on any atom is 0.227 e. The summed E-state index contributed by atoms with van der Waals surface area (Å²) >= 11 is 0. The molecule has 2 atom stereocenters. The zero-order valence-corrected chi connectivity index (χ0v) is 17.4. The van der Waals surface area contributed by atoms with Gasteiger partial charge in [-0.3, -0.25) is 10.1 Å². The highest BCUT2D eigenvalue weighted by molar-refractivity contribution is 5.89. The van der Waals surface area contributed by atoms with Gasteiger partial charge in [0.05, 0.1) is 0 Å². The van der Waals surface area contributed by atoms with Crippen molar-refractivity contribution in [1.82, 2.24) is 20.1 Å². The number of rotatable bonds is 4. The second-order valence-electron chi connectivity index (χ2n) is 8.97. The lowest BCUT2D eigenvalue weighted by molar-refractivity contribution is -0.117. The maximum absolute atomic E-state index is 12.5. The van der Waals surface area contributed by atoms with Gasteiger partial charge < -0.3 is 5.32 Å². The highest BCUT2D eigenvalue weighted by Crippen LogP contribution is 2.42. The predicted molar refractivity (Wildman–Crippen MR) is 107 cm³/mol. The van der Waals surface area contributed by atoms with E-state index >= 15 is 0 Å². The Hall–Kier alpha value is -1.14. The fourth-order valence-corrected chi connectivity index (χ4v) is 4.90. The van der Waals surface area contributed by atoms with E-state index in [4.69, 9.17) is 0 Å². The topological polar surface area (TPSA) is 71.8 Å². The van der Waals surface area contributed by atoms with E-state index < -0.39 is 0 Å². The van der Waals surface area contributed by atoms with E-state index in [1.807, 2.05) is 7.05 Å². The van der Waals surface area contributed by atoms with Crippen molar-refractivity contribution in [3.05, 3.63) is 5.82 Å². The number of aryl methyl sites for hydroxylation is 1. The molecule has 1 saturated heterocycles. The first kappa shape index (κ1) is 21.2. The molecule has 148 valence electrons. The number of carbonyl (C=O) groups excluding carboxylic acids is 1. The summed E-state index contributed by atoms with van der Waals surface area (Å²) in [6, 6.07) is 0. The van der Waals surface area contributed by atoms with Crippen LogP contribution in [0, 0.1) is 17.3 Å². The molecule has 1 saturated carbocycles. The molecule has 2 heterocycles. The van der Waals surface area contributed by atoms with Gasteiger partial charge in [0.25, 0.3) is 0 Å². The van der Waals surface area contributed by atoms with Gasteiger partial charge in [0.1, 0.15) is 0 Å². The molecule has 1 aliphatic heterocycles. The Morgan fingerprint density at radius 1 is 1.31 bits per heavy atom. The van der Waals surface area contributed by atoms with Gasteiger partial charge in [-0.25, -0.2) is 4.68 Å². The van der Waals surface area contributed by atoms with Gasteiger partial charge in [0, 0.05) is 19.4 Å². The summed E-state index contributed by atoms with van der Waals surface area (Å²) in [6.07, 6.45) is 6.25. The Kier molecular flexibility index (Phi) is 7.08. The largest absolute Gasteiger partial charge is 0.317 e. The number of halogens is 1. The van der Waals surface area contributed by atoms with Gasteiger partial charge in [0.2, 0.25) is 11.9 Å². The fraction of sp³-hybridized carbons (Fsp3) is 0.842. The van der Waals surface area contributed by atoms with Crippen LogP contribution in [0.4, 0.5) is 5.95 Å². The number of hydrogen-bond acceptors (Lipinski definition) is 4. The van der Waals surface area contributed by atoms with Crippen LogP contribution in [0.5, 0.6) is 0 Å². The van der Waals surface area contributed by atoms with Crippen molar-refractivity contribution in [2.45, 2.75) is 65.2 Å². The summed E-state index contributed by atoms with van der Waals surface area (Å²) in [5, 5.41) is 10.9. The second-order valence-corrected chi connectivity index (χ2v) is 8.97. The Balaban J connectivity index is 0.00000243. The molecule has 7 heteroatoms. The molecule has 3 rings (SSSR count). The monoisotopic (exact) mass is 383 g/mol. The molecule has 2 aliphatic rings. The minimum absolute atomic E-state index is 0. The van der Waals surface area contributed by atoms with Crippen LogP contribution in [0.1, 0.15) is 71.0 Å². The average molecular weight is 384 g/mol. The van der Waals surface area contributed by atoms with Gasteiger partial charge in [-0.15, -0.1) is 12.4 Å². The van der Waals surface area contributed by atoms with E-state index in [0.29, 0.717) is 35.5 Å². The SMILES string of the molecule is CC1CC(CC(=O)Nc2nc(C3CCNCC3)nn2C)CC(C)(C)C1.Cl. The molecule has 2 fully saturated rings. The number of nitrogens with one attached hydrogen (secondary N) is 2. The fourth-order valence-electron chi connectivity index (χ4n) is 4.90. The van der Waals surface area contributed by atoms with Gasteiger partial charge >= 0.3 is 0 Å². The normalized spacial score (nSPS) is 26.2. The molecule has 0 radical (unpaired) electrons. The van der Waals surface area contributed by atoms with Crippen LogP contribution in [0.15, 0.2) is 0 Å². The molecular formula is C19H34ClN5O. The number of amides is 1. The zero-order chi connectivity index (χ0) is 18.0. The molecule has 1 aromatic rings. The van der Waals surface area contributed by atoms with Crippen molar-refractivity contribution in [1.29, 1.82) is 0 Å². The third-order valence-electron chi connectivity index (χ3n) is 5.69. The Morgan fingerprint density at radius 2 is 2.00 bits per heavy atom. The summed E-state index contributed by atoms with van der Waals surface area (Å²) in [5.74, 6) is 3.09. The van der Waals surface area contributed by atoms with E-state index in [0.717, 1.165) is 44.6 Å². The van der Waals surface area contributed by atoms with E-state index in [-0.39, 0.29) is 18.3 Å². The summed E-state index contributed by atoms with van der Waals surface area (Å²) in [7, 11) is 1.86. The molecule has 0 aromatic carbocycles. The molecule has 0 bridgehead atoms. The second kappa shape index (κ2) is 8.70. The van der Waals surface area contributed by atoms with E-state index in [2.05, 4.69) is 41.5 Å². The lowest BCUT2D eigenvalue weighted by atomic mass is 9.67. The molecular weight excluding hydrogens is 350 g/mol. The van der Waals surface area contributed by atoms with Gasteiger partial charge in [0.15, 0.2) is 5.82 Å². The number of carbonyl (C=O) groups is 1. The van der Waals surface area contributed by atoms with Crippen LogP contribution in [-0.2, 0) is 11.8 Å². The molecule has 1 aliphatic carbocycles. The van der Waals surface area contributed by atoms with Crippen LogP contribution < -0.4 is 10.6 Å². The number of nitrogens with zero attached hydrogens (tertiary/aromatic N) is 3. The lowest BCUT2D eigenvalue weighted by Crippen LogP contribution is -2.30. The number of anilines is 1. The quantitative estimate of drug-likeness (QED) is 0.834. The van der Waals surface area contributed by atoms with E-state index in [1.165, 1.54) is 6.42 Å².